The van der Waals surface area contributed by atoms with Crippen molar-refractivity contribution in [1.82, 2.24) is 20.3 Å². The summed E-state index contributed by atoms with van der Waals surface area (Å²) >= 11 is 1.79. The van der Waals surface area contributed by atoms with E-state index in [1.54, 1.807) is 23.1 Å². The second-order valence-corrected chi connectivity index (χ2v) is 8.82. The summed E-state index contributed by atoms with van der Waals surface area (Å²) in [6.45, 7) is 2.07. The van der Waals surface area contributed by atoms with E-state index in [9.17, 15) is 13.2 Å². The first-order chi connectivity index (χ1) is 11.0. The van der Waals surface area contributed by atoms with E-state index in [0.29, 0.717) is 38.6 Å². The Morgan fingerprint density at radius 1 is 1.43 bits per heavy atom. The molecule has 0 aromatic heterocycles. The third-order valence-electron chi connectivity index (χ3n) is 3.85. The number of hydrogen-bond donors (Lipinski definition) is 3. The van der Waals surface area contributed by atoms with Gasteiger partial charge in [0.15, 0.2) is 5.96 Å². The lowest BCUT2D eigenvalue weighted by atomic mass is 10.1. The van der Waals surface area contributed by atoms with Gasteiger partial charge < -0.3 is 16.0 Å². The molecule has 8 nitrogen and oxygen atoms in total. The predicted molar refractivity (Wildman–Crippen MR) is 93.2 cm³/mol. The third-order valence-corrected chi connectivity index (χ3v) is 6.66. The van der Waals surface area contributed by atoms with Gasteiger partial charge in [0.25, 0.3) is 0 Å². The molecule has 132 valence electrons. The summed E-state index contributed by atoms with van der Waals surface area (Å²) < 4.78 is 26.1. The zero-order valence-corrected chi connectivity index (χ0v) is 15.0. The number of guanidine groups is 1. The summed E-state index contributed by atoms with van der Waals surface area (Å²) in [6, 6.07) is 0.120. The zero-order valence-electron chi connectivity index (χ0n) is 13.4. The number of carbonyl (C=O) groups is 1. The van der Waals surface area contributed by atoms with Crippen molar-refractivity contribution in [2.45, 2.75) is 18.9 Å². The van der Waals surface area contributed by atoms with Crippen LogP contribution in [0.25, 0.3) is 0 Å². The van der Waals surface area contributed by atoms with Gasteiger partial charge in [0.05, 0.1) is 5.75 Å². The Labute approximate surface area is 141 Å². The van der Waals surface area contributed by atoms with E-state index < -0.39 is 10.0 Å². The van der Waals surface area contributed by atoms with Crippen LogP contribution in [0, 0.1) is 0 Å². The van der Waals surface area contributed by atoms with Crippen molar-refractivity contribution in [3.8, 4) is 0 Å². The molecule has 1 amide bonds. The Morgan fingerprint density at radius 3 is 2.78 bits per heavy atom. The number of sulfonamides is 1. The molecule has 2 aliphatic heterocycles. The first kappa shape index (κ1) is 18.3. The topological polar surface area (TPSA) is 103 Å². The fraction of sp³-hybridized carbons (Fsp3) is 0.846. The predicted octanol–water partition coefficient (Wildman–Crippen LogP) is -1.19. The minimum absolute atomic E-state index is 0.0553. The average molecular weight is 364 g/mol. The molecule has 0 radical (unpaired) electrons. The van der Waals surface area contributed by atoms with E-state index >= 15 is 0 Å². The van der Waals surface area contributed by atoms with Crippen LogP contribution in [0.2, 0.25) is 0 Å². The molecule has 0 aromatic carbocycles. The Bertz CT molecular complexity index is 522. The van der Waals surface area contributed by atoms with Crippen molar-refractivity contribution < 1.29 is 13.2 Å². The van der Waals surface area contributed by atoms with Gasteiger partial charge in [-0.3, -0.25) is 9.79 Å². The van der Waals surface area contributed by atoms with Crippen LogP contribution in [0.15, 0.2) is 4.99 Å². The number of thioether (sulfide) groups is 1. The van der Waals surface area contributed by atoms with Crippen LogP contribution < -0.4 is 16.0 Å². The second-order valence-electron chi connectivity index (χ2n) is 5.51. The fourth-order valence-electron chi connectivity index (χ4n) is 2.50. The highest BCUT2D eigenvalue weighted by Crippen LogP contribution is 2.13. The lowest BCUT2D eigenvalue weighted by Gasteiger charge is -2.27. The molecule has 0 spiro atoms. The second kappa shape index (κ2) is 8.74. The minimum Gasteiger partial charge on any atom is -0.355 e. The number of piperidine rings is 1. The molecular formula is C13H25N5O3S2. The first-order valence-electron chi connectivity index (χ1n) is 7.81. The van der Waals surface area contributed by atoms with Gasteiger partial charge in [0.1, 0.15) is 0 Å². The third kappa shape index (κ3) is 5.85. The number of amides is 1. The molecule has 2 rings (SSSR count). The maximum atomic E-state index is 12.3. The summed E-state index contributed by atoms with van der Waals surface area (Å²) in [7, 11) is -1.56. The summed E-state index contributed by atoms with van der Waals surface area (Å²) in [5.41, 5.74) is 0. The zero-order chi connectivity index (χ0) is 16.7. The van der Waals surface area contributed by atoms with E-state index in [-0.39, 0.29) is 17.7 Å². The van der Waals surface area contributed by atoms with Crippen molar-refractivity contribution in [3.63, 3.8) is 0 Å². The molecule has 0 saturated carbocycles. The fourth-order valence-corrected chi connectivity index (χ4v) is 4.99. The summed E-state index contributed by atoms with van der Waals surface area (Å²) in [5, 5.41) is 9.04. The van der Waals surface area contributed by atoms with Crippen molar-refractivity contribution in [3.05, 3.63) is 0 Å². The van der Waals surface area contributed by atoms with Gasteiger partial charge in [0.2, 0.25) is 15.9 Å². The van der Waals surface area contributed by atoms with Crippen LogP contribution >= 0.6 is 11.8 Å². The Kier molecular flexibility index (Phi) is 6.97. The van der Waals surface area contributed by atoms with Crippen LogP contribution in [0.4, 0.5) is 0 Å². The van der Waals surface area contributed by atoms with Crippen molar-refractivity contribution >= 4 is 33.7 Å². The van der Waals surface area contributed by atoms with Crippen LogP contribution in [0.1, 0.15) is 12.8 Å². The van der Waals surface area contributed by atoms with Gasteiger partial charge in [-0.2, -0.15) is 11.8 Å². The smallest absolute Gasteiger partial charge is 0.220 e. The lowest BCUT2D eigenvalue weighted by molar-refractivity contribution is -0.122. The summed E-state index contributed by atoms with van der Waals surface area (Å²) in [6.07, 6.45) is 1.24. The van der Waals surface area contributed by atoms with Crippen molar-refractivity contribution in [1.29, 1.82) is 0 Å². The van der Waals surface area contributed by atoms with Gasteiger partial charge in [-0.1, -0.05) is 0 Å². The summed E-state index contributed by atoms with van der Waals surface area (Å²) in [4.78, 5) is 15.2. The number of aliphatic imine (C=N–C) groups is 1. The van der Waals surface area contributed by atoms with Crippen LogP contribution in [-0.4, -0.2) is 81.1 Å². The molecule has 3 N–H and O–H groups in total. The van der Waals surface area contributed by atoms with Gasteiger partial charge in [-0.15, -0.1) is 0 Å². The molecule has 2 aliphatic rings. The molecule has 0 bridgehead atoms. The van der Waals surface area contributed by atoms with Gasteiger partial charge >= 0.3 is 0 Å². The van der Waals surface area contributed by atoms with E-state index in [0.717, 1.165) is 17.9 Å². The summed E-state index contributed by atoms with van der Waals surface area (Å²) in [5.74, 6) is 2.42. The van der Waals surface area contributed by atoms with Crippen LogP contribution in [0.3, 0.4) is 0 Å². The molecule has 0 aliphatic carbocycles. The minimum atomic E-state index is -3.21. The van der Waals surface area contributed by atoms with Crippen molar-refractivity contribution in [2.24, 2.45) is 4.99 Å². The maximum Gasteiger partial charge on any atom is 0.220 e. The highest BCUT2D eigenvalue weighted by Gasteiger charge is 2.24. The number of nitrogens with one attached hydrogen (secondary N) is 3. The molecule has 1 atom stereocenters. The Hall–Kier alpha value is -1.00. The average Bonchev–Trinajstić information content (AvgIpc) is 2.56. The van der Waals surface area contributed by atoms with Gasteiger partial charge in [-0.05, 0) is 6.42 Å². The van der Waals surface area contributed by atoms with Crippen LogP contribution in [-0.2, 0) is 14.8 Å². The molecule has 2 saturated heterocycles. The molecule has 2 heterocycles. The molecule has 23 heavy (non-hydrogen) atoms. The van der Waals surface area contributed by atoms with Crippen molar-refractivity contribution in [2.75, 3.05) is 50.5 Å². The number of rotatable bonds is 5. The monoisotopic (exact) mass is 363 g/mol. The Balaban J connectivity index is 1.73. The quantitative estimate of drug-likeness (QED) is 0.419. The standard InChI is InChI=1S/C13H25N5O3S2/c1-14-13(17-11-2-3-12(19)16-10-11)15-4-9-23(20,21)18-5-7-22-8-6-18/h11H,2-10H2,1H3,(H,16,19)(H2,14,15,17). The first-order valence-corrected chi connectivity index (χ1v) is 10.6. The van der Waals surface area contributed by atoms with E-state index in [1.807, 2.05) is 0 Å². The maximum absolute atomic E-state index is 12.3. The highest BCUT2D eigenvalue weighted by atomic mass is 32.2. The normalized spacial score (nSPS) is 24.1. The highest BCUT2D eigenvalue weighted by molar-refractivity contribution is 7.99. The van der Waals surface area contributed by atoms with E-state index in [4.69, 9.17) is 0 Å². The number of hydrogen-bond acceptors (Lipinski definition) is 5. The molecule has 1 unspecified atom stereocenters. The molecule has 0 aromatic rings. The van der Waals surface area contributed by atoms with Crippen LogP contribution in [0.5, 0.6) is 0 Å². The largest absolute Gasteiger partial charge is 0.355 e. The number of carbonyl (C=O) groups excluding carboxylic acids is 1. The molecule has 2 fully saturated rings. The van der Waals surface area contributed by atoms with E-state index in [1.165, 1.54) is 0 Å². The lowest BCUT2D eigenvalue weighted by Crippen LogP contribution is -2.52. The van der Waals surface area contributed by atoms with Gasteiger partial charge in [0, 0.05) is 57.2 Å². The Morgan fingerprint density at radius 2 is 2.17 bits per heavy atom. The number of nitrogens with zero attached hydrogens (tertiary/aromatic N) is 2. The molecular weight excluding hydrogens is 338 g/mol. The molecule has 10 heteroatoms. The van der Waals surface area contributed by atoms with Gasteiger partial charge in [-0.25, -0.2) is 12.7 Å². The van der Waals surface area contributed by atoms with E-state index in [2.05, 4.69) is 20.9 Å². The SMILES string of the molecule is CN=C(NCCS(=O)(=O)N1CCSCC1)NC1CCC(=O)NC1.